The van der Waals surface area contributed by atoms with Gasteiger partial charge < -0.3 is 35.6 Å². The van der Waals surface area contributed by atoms with Gasteiger partial charge in [0.15, 0.2) is 11.5 Å². The molecule has 0 saturated heterocycles. The van der Waals surface area contributed by atoms with Gasteiger partial charge in [-0.2, -0.15) is 9.97 Å². The van der Waals surface area contributed by atoms with Crippen molar-refractivity contribution in [1.82, 2.24) is 24.8 Å². The Balaban J connectivity index is 1.44. The number of hydrogen-bond donors (Lipinski definition) is 5. The second-order valence-corrected chi connectivity index (χ2v) is 7.94. The van der Waals surface area contributed by atoms with Gasteiger partial charge >= 0.3 is 18.8 Å². The molecule has 2 aromatic heterocycles. The van der Waals surface area contributed by atoms with Crippen molar-refractivity contribution in [3.63, 3.8) is 0 Å². The molecule has 1 amide bonds. The molecule has 0 atom stereocenters. The van der Waals surface area contributed by atoms with E-state index in [0.29, 0.717) is 28.8 Å². The molecule has 0 spiro atoms. The van der Waals surface area contributed by atoms with Crippen LogP contribution < -0.4 is 26.9 Å². The maximum atomic E-state index is 12.6. The van der Waals surface area contributed by atoms with Gasteiger partial charge in [-0.15, -0.1) is 0 Å². The highest BCUT2D eigenvalue weighted by Gasteiger charge is 2.15. The van der Waals surface area contributed by atoms with Crippen LogP contribution in [0.4, 0.5) is 5.82 Å². The number of imidazole rings is 1. The summed E-state index contributed by atoms with van der Waals surface area (Å²) in [5, 5.41) is 21.1. The van der Waals surface area contributed by atoms with Crippen LogP contribution in [-0.4, -0.2) is 62.9 Å². The van der Waals surface area contributed by atoms with E-state index in [-0.39, 0.29) is 37.4 Å². The molecule has 2 heterocycles. The van der Waals surface area contributed by atoms with Crippen LogP contribution in [0.15, 0.2) is 53.3 Å². The third-order valence-electron chi connectivity index (χ3n) is 5.44. The maximum absolute atomic E-state index is 12.6. The molecule has 0 aliphatic carbocycles. The van der Waals surface area contributed by atoms with E-state index in [9.17, 15) is 9.59 Å². The Bertz CT molecular complexity index is 1400. The minimum absolute atomic E-state index is 0.0407. The summed E-state index contributed by atoms with van der Waals surface area (Å²) < 4.78 is 11.8. The number of carbonyl (C=O) groups is 1. The Hall–Kier alpha value is -4.20. The predicted molar refractivity (Wildman–Crippen MR) is 133 cm³/mol. The summed E-state index contributed by atoms with van der Waals surface area (Å²) in [6, 6.07) is 13.5. The first-order chi connectivity index (χ1) is 17.4. The highest BCUT2D eigenvalue weighted by Crippen LogP contribution is 2.18. The second-order valence-electron chi connectivity index (χ2n) is 7.94. The molecular formula is C23H25BN6O6. The number of aromatic amines is 1. The maximum Gasteiger partial charge on any atom is 0.488 e. The van der Waals surface area contributed by atoms with Crippen molar-refractivity contribution in [1.29, 1.82) is 0 Å². The van der Waals surface area contributed by atoms with Crippen LogP contribution in [0.3, 0.4) is 0 Å². The smallest absolute Gasteiger partial charge is 0.461 e. The molecule has 0 radical (unpaired) electrons. The van der Waals surface area contributed by atoms with E-state index >= 15 is 0 Å². The van der Waals surface area contributed by atoms with Gasteiger partial charge in [0.1, 0.15) is 12.1 Å². The summed E-state index contributed by atoms with van der Waals surface area (Å²) in [6.45, 7) is 1.05. The van der Waals surface area contributed by atoms with E-state index in [1.807, 2.05) is 0 Å². The minimum Gasteiger partial charge on any atom is -0.461 e. The van der Waals surface area contributed by atoms with E-state index in [1.165, 1.54) is 4.57 Å². The minimum atomic E-state index is -1.53. The van der Waals surface area contributed by atoms with E-state index in [2.05, 4.69) is 20.3 Å². The molecular weight excluding hydrogens is 467 g/mol. The van der Waals surface area contributed by atoms with Crippen LogP contribution in [0.2, 0.25) is 0 Å². The molecule has 0 fully saturated rings. The molecule has 0 aliphatic heterocycles. The zero-order chi connectivity index (χ0) is 25.7. The van der Waals surface area contributed by atoms with Crippen LogP contribution in [-0.2, 0) is 17.8 Å². The Kier molecular flexibility index (Phi) is 7.63. The monoisotopic (exact) mass is 492 g/mol. The number of nitrogens with zero attached hydrogens (tertiary/aromatic N) is 3. The van der Waals surface area contributed by atoms with Crippen molar-refractivity contribution in [3.05, 3.63) is 75.7 Å². The van der Waals surface area contributed by atoms with Gasteiger partial charge in [0.05, 0.1) is 13.2 Å². The van der Waals surface area contributed by atoms with Gasteiger partial charge in [-0.25, -0.2) is 4.79 Å². The lowest BCUT2D eigenvalue weighted by Crippen LogP contribution is -2.29. The van der Waals surface area contributed by atoms with Crippen molar-refractivity contribution >= 4 is 35.5 Å². The highest BCUT2D eigenvalue weighted by atomic mass is 16.5. The normalized spacial score (nSPS) is 11.0. The van der Waals surface area contributed by atoms with Crippen molar-refractivity contribution in [2.75, 3.05) is 26.1 Å². The van der Waals surface area contributed by atoms with Gasteiger partial charge in [-0.3, -0.25) is 9.36 Å². The number of hydrogen-bond acceptors (Lipinski definition) is 9. The first-order valence-electron chi connectivity index (χ1n) is 11.1. The fraction of sp³-hybridized carbons (Fsp3) is 0.217. The lowest BCUT2D eigenvalue weighted by molar-refractivity contribution is 0.0951. The van der Waals surface area contributed by atoms with Gasteiger partial charge in [0, 0.05) is 19.2 Å². The number of amides is 1. The molecule has 6 N–H and O–H groups in total. The molecule has 12 nitrogen and oxygen atoms in total. The number of rotatable bonds is 10. The summed E-state index contributed by atoms with van der Waals surface area (Å²) in [4.78, 5) is 36.1. The summed E-state index contributed by atoms with van der Waals surface area (Å²) in [7, 11) is 0.0124. The highest BCUT2D eigenvalue weighted by molar-refractivity contribution is 6.58. The Morgan fingerprint density at radius 3 is 2.44 bits per heavy atom. The molecule has 0 aliphatic rings. The Morgan fingerprint density at radius 1 is 1.08 bits per heavy atom. The van der Waals surface area contributed by atoms with E-state index < -0.39 is 12.8 Å². The molecule has 0 saturated carbocycles. The number of ether oxygens (including phenoxy) is 2. The van der Waals surface area contributed by atoms with Gasteiger partial charge in [0.25, 0.3) is 5.91 Å². The largest absolute Gasteiger partial charge is 0.488 e. The number of aromatic nitrogens is 4. The average molecular weight is 492 g/mol. The Labute approximate surface area is 205 Å². The number of H-pyrrole nitrogens is 1. The van der Waals surface area contributed by atoms with Gasteiger partial charge in [-0.1, -0.05) is 36.4 Å². The van der Waals surface area contributed by atoms with Crippen molar-refractivity contribution in [3.8, 4) is 6.01 Å². The number of methoxy groups -OCH3 is 1. The topological polar surface area (TPSA) is 178 Å². The van der Waals surface area contributed by atoms with Gasteiger partial charge in [-0.05, 0) is 28.7 Å². The summed E-state index contributed by atoms with van der Waals surface area (Å²) in [6.07, 6.45) is 0. The zero-order valence-electron chi connectivity index (χ0n) is 19.5. The second kappa shape index (κ2) is 11.0. The summed E-state index contributed by atoms with van der Waals surface area (Å²) in [5.41, 5.74) is 8.60. The molecule has 4 aromatic rings. The SMILES string of the molecule is COCCOc1nc(N)c2[nH]c(=O)n(Cc3ccc(C(=O)NCc4ccc(B(O)O)cc4)cc3)c2n1. The number of nitrogens with one attached hydrogen (secondary N) is 2. The number of nitrogen functional groups attached to an aromatic ring is 1. The first kappa shape index (κ1) is 24.9. The van der Waals surface area contributed by atoms with Crippen LogP contribution in [0.1, 0.15) is 21.5 Å². The number of fused-ring (bicyclic) bond motifs is 1. The number of nitrogens with two attached hydrogens (primary N) is 1. The van der Waals surface area contributed by atoms with Crippen LogP contribution in [0, 0.1) is 0 Å². The number of anilines is 1. The summed E-state index contributed by atoms with van der Waals surface area (Å²) >= 11 is 0. The zero-order valence-corrected chi connectivity index (χ0v) is 19.5. The molecule has 0 unspecified atom stereocenters. The van der Waals surface area contributed by atoms with Crippen LogP contribution in [0.5, 0.6) is 6.01 Å². The predicted octanol–water partition coefficient (Wildman–Crippen LogP) is -0.615. The third-order valence-corrected chi connectivity index (χ3v) is 5.44. The quantitative estimate of drug-likeness (QED) is 0.143. The molecule has 4 rings (SSSR count). The molecule has 13 heteroatoms. The van der Waals surface area contributed by atoms with E-state index in [1.54, 1.807) is 55.6 Å². The summed E-state index contributed by atoms with van der Waals surface area (Å²) in [5.74, 6) is -0.173. The molecule has 186 valence electrons. The van der Waals surface area contributed by atoms with Crippen molar-refractivity contribution in [2.45, 2.75) is 13.1 Å². The number of benzene rings is 2. The molecule has 36 heavy (non-hydrogen) atoms. The average Bonchev–Trinajstić information content (AvgIpc) is 3.19. The van der Waals surface area contributed by atoms with Gasteiger partial charge in [0.2, 0.25) is 0 Å². The van der Waals surface area contributed by atoms with Crippen LogP contribution in [0.25, 0.3) is 11.2 Å². The number of carbonyl (C=O) groups excluding carboxylic acids is 1. The Morgan fingerprint density at radius 2 is 1.78 bits per heavy atom. The molecule has 2 aromatic carbocycles. The third kappa shape index (κ3) is 5.71. The van der Waals surface area contributed by atoms with E-state index in [0.717, 1.165) is 11.1 Å². The standard InChI is InChI=1S/C23H25BN6O6/c1-35-10-11-36-22-28-19(25)18-20(29-22)30(23(32)27-18)13-15-2-6-16(7-3-15)21(31)26-12-14-4-8-17(9-5-14)24(33)34/h2-9,33-34H,10-13H2,1H3,(H,26,31)(H,27,32)(H2,25,28,29). The lowest BCUT2D eigenvalue weighted by Gasteiger charge is -2.09. The van der Waals surface area contributed by atoms with E-state index in [4.69, 9.17) is 25.3 Å². The fourth-order valence-electron chi connectivity index (χ4n) is 3.49. The van der Waals surface area contributed by atoms with Crippen molar-refractivity contribution in [2.24, 2.45) is 0 Å². The van der Waals surface area contributed by atoms with Crippen LogP contribution >= 0.6 is 0 Å². The van der Waals surface area contributed by atoms with Crippen molar-refractivity contribution < 1.29 is 24.3 Å². The lowest BCUT2D eigenvalue weighted by atomic mass is 9.80. The molecule has 0 bridgehead atoms. The first-order valence-corrected chi connectivity index (χ1v) is 11.1. The fourth-order valence-corrected chi connectivity index (χ4v) is 3.49.